The Kier molecular flexibility index (Phi) is 65.3. The van der Waals surface area contributed by atoms with Crippen molar-refractivity contribution in [3.63, 3.8) is 0 Å². The van der Waals surface area contributed by atoms with E-state index < -0.39 is 97.5 Å². The Morgan fingerprint density at radius 2 is 0.552 bits per heavy atom. The van der Waals surface area contributed by atoms with Crippen LogP contribution in [0.1, 0.15) is 272 Å². The van der Waals surface area contributed by atoms with Crippen molar-refractivity contribution in [1.82, 2.24) is 0 Å². The Bertz CT molecular complexity index is 2350. The SMILES string of the molecule is CC/C=C\C/C=C\C/C=C\C/C=C\CCCCC(=O)OCC(COP(=O)(O)OCC(O)COP(=O)(O)OCC(COC(=O)CCCC/C=C\C/C=C\C/C=C\C/C=C\CC)OC(=O)CCCCCCC/C=C\CCCC)OC(=O)CCCCCCC/C=C\C/C=C\CCCCC. The predicted molar refractivity (Wildman–Crippen MR) is 390 cm³/mol. The summed E-state index contributed by atoms with van der Waals surface area (Å²) in [7, 11) is -9.98. The maximum Gasteiger partial charge on any atom is 0.472 e. The number of phosphoric ester groups is 2. The monoisotopic (exact) mass is 1390 g/mol. The largest absolute Gasteiger partial charge is 0.472 e. The molecule has 0 fully saturated rings. The number of aliphatic hydroxyl groups is 1. The minimum absolute atomic E-state index is 0.0655. The van der Waals surface area contributed by atoms with Gasteiger partial charge in [-0.15, -0.1) is 0 Å². The number of carbonyl (C=O) groups excluding carboxylic acids is 4. The predicted octanol–water partition coefficient (Wildman–Crippen LogP) is 20.5. The highest BCUT2D eigenvalue weighted by Gasteiger charge is 2.30. The van der Waals surface area contributed by atoms with Crippen LogP contribution in [0, 0.1) is 0 Å². The Hall–Kier alpha value is -4.80. The summed E-state index contributed by atoms with van der Waals surface area (Å²) < 4.78 is 68.2. The zero-order chi connectivity index (χ0) is 70.4. The molecule has 3 N–H and O–H groups in total. The number of aliphatic hydroxyl groups excluding tert-OH is 1. The molecule has 5 atom stereocenters. The number of unbranched alkanes of at least 4 members (excludes halogenated alkanes) is 19. The maximum atomic E-state index is 13.0. The minimum atomic E-state index is -4.99. The van der Waals surface area contributed by atoms with Crippen molar-refractivity contribution in [2.24, 2.45) is 0 Å². The smallest absolute Gasteiger partial charge is 0.462 e. The van der Waals surface area contributed by atoms with Gasteiger partial charge in [0.05, 0.1) is 26.4 Å². The zero-order valence-electron chi connectivity index (χ0n) is 59.5. The number of phosphoric acid groups is 2. The summed E-state index contributed by atoms with van der Waals surface area (Å²) in [5, 5.41) is 10.6. The van der Waals surface area contributed by atoms with Gasteiger partial charge in [0, 0.05) is 25.7 Å². The summed E-state index contributed by atoms with van der Waals surface area (Å²) in [5.74, 6) is -2.30. The molecule has 0 heterocycles. The van der Waals surface area contributed by atoms with Gasteiger partial charge in [0.25, 0.3) is 0 Å². The normalized spacial score (nSPS) is 14.8. The summed E-state index contributed by atoms with van der Waals surface area (Å²) in [5.41, 5.74) is 0. The third-order valence-electron chi connectivity index (χ3n) is 14.6. The number of carbonyl (C=O) groups is 4. The third-order valence-corrected chi connectivity index (χ3v) is 16.5. The van der Waals surface area contributed by atoms with Crippen LogP contribution in [0.5, 0.6) is 0 Å². The first-order valence-corrected chi connectivity index (χ1v) is 39.4. The highest BCUT2D eigenvalue weighted by atomic mass is 31.2. The van der Waals surface area contributed by atoms with Crippen molar-refractivity contribution in [2.75, 3.05) is 39.6 Å². The lowest BCUT2D eigenvalue weighted by Crippen LogP contribution is -2.30. The van der Waals surface area contributed by atoms with Gasteiger partial charge in [-0.3, -0.25) is 37.3 Å². The highest BCUT2D eigenvalue weighted by molar-refractivity contribution is 7.47. The summed E-state index contributed by atoms with van der Waals surface area (Å²) in [6.07, 6.45) is 74.7. The van der Waals surface area contributed by atoms with E-state index in [2.05, 4.69) is 161 Å². The van der Waals surface area contributed by atoms with Crippen LogP contribution in [0.2, 0.25) is 0 Å². The van der Waals surface area contributed by atoms with Crippen molar-refractivity contribution in [2.45, 2.75) is 290 Å². The molecule has 5 unspecified atom stereocenters. The maximum absolute atomic E-state index is 13.0. The number of allylic oxidation sites excluding steroid dienone is 22. The van der Waals surface area contributed by atoms with E-state index in [-0.39, 0.29) is 25.7 Å². The van der Waals surface area contributed by atoms with E-state index >= 15 is 0 Å². The lowest BCUT2D eigenvalue weighted by Gasteiger charge is -2.21. The summed E-state index contributed by atoms with van der Waals surface area (Å²) >= 11 is 0. The number of hydrogen-bond acceptors (Lipinski definition) is 15. The van der Waals surface area contributed by atoms with Gasteiger partial charge in [0.15, 0.2) is 12.2 Å². The lowest BCUT2D eigenvalue weighted by atomic mass is 10.1. The van der Waals surface area contributed by atoms with Crippen LogP contribution in [-0.2, 0) is 65.4 Å². The Morgan fingerprint density at radius 1 is 0.302 bits per heavy atom. The minimum Gasteiger partial charge on any atom is -0.462 e. The van der Waals surface area contributed by atoms with Crippen molar-refractivity contribution in [3.8, 4) is 0 Å². The van der Waals surface area contributed by atoms with E-state index in [9.17, 15) is 43.2 Å². The molecular weight excluding hydrogens is 1260 g/mol. The first-order valence-electron chi connectivity index (χ1n) is 36.4. The van der Waals surface area contributed by atoms with E-state index in [4.69, 9.17) is 37.0 Å². The second-order valence-electron chi connectivity index (χ2n) is 23.8. The molecule has 0 aliphatic rings. The van der Waals surface area contributed by atoms with E-state index in [0.29, 0.717) is 25.7 Å². The Morgan fingerprint density at radius 3 is 0.896 bits per heavy atom. The van der Waals surface area contributed by atoms with Gasteiger partial charge < -0.3 is 33.8 Å². The molecule has 0 aromatic rings. The molecule has 0 aliphatic heterocycles. The summed E-state index contributed by atoms with van der Waals surface area (Å²) in [6.45, 7) is 4.43. The van der Waals surface area contributed by atoms with Gasteiger partial charge in [-0.1, -0.05) is 226 Å². The fraction of sp³-hybridized carbons (Fsp3) is 0.662. The van der Waals surface area contributed by atoms with Crippen molar-refractivity contribution < 1.29 is 80.2 Å². The van der Waals surface area contributed by atoms with Crippen LogP contribution < -0.4 is 0 Å². The fourth-order valence-electron chi connectivity index (χ4n) is 9.03. The van der Waals surface area contributed by atoms with Crippen LogP contribution >= 0.6 is 15.6 Å². The van der Waals surface area contributed by atoms with Gasteiger partial charge in [-0.05, 0) is 154 Å². The molecular formula is C77H128O17P2. The van der Waals surface area contributed by atoms with Crippen LogP contribution in [0.15, 0.2) is 134 Å². The highest BCUT2D eigenvalue weighted by Crippen LogP contribution is 2.45. The zero-order valence-corrected chi connectivity index (χ0v) is 61.3. The first kappa shape index (κ1) is 91.2. The first-order chi connectivity index (χ1) is 46.7. The molecule has 548 valence electrons. The molecule has 0 saturated carbocycles. The van der Waals surface area contributed by atoms with Crippen LogP contribution in [0.4, 0.5) is 0 Å². The molecule has 96 heavy (non-hydrogen) atoms. The molecule has 0 amide bonds. The van der Waals surface area contributed by atoms with Crippen LogP contribution in [0.3, 0.4) is 0 Å². The molecule has 0 aromatic carbocycles. The van der Waals surface area contributed by atoms with E-state index in [1.807, 2.05) is 0 Å². The van der Waals surface area contributed by atoms with Gasteiger partial charge in [-0.2, -0.15) is 0 Å². The van der Waals surface area contributed by atoms with Crippen molar-refractivity contribution in [3.05, 3.63) is 134 Å². The Balaban J connectivity index is 5.42. The van der Waals surface area contributed by atoms with Gasteiger partial charge >= 0.3 is 39.5 Å². The summed E-state index contributed by atoms with van der Waals surface area (Å²) in [6, 6.07) is 0. The number of hydrogen-bond donors (Lipinski definition) is 3. The Labute approximate surface area is 580 Å². The molecule has 0 spiro atoms. The quantitative estimate of drug-likeness (QED) is 0.0169. The van der Waals surface area contributed by atoms with Crippen LogP contribution in [-0.4, -0.2) is 96.7 Å². The van der Waals surface area contributed by atoms with Gasteiger partial charge in [0.1, 0.15) is 19.3 Å². The molecule has 17 nitrogen and oxygen atoms in total. The lowest BCUT2D eigenvalue weighted by molar-refractivity contribution is -0.161. The van der Waals surface area contributed by atoms with Gasteiger partial charge in [0.2, 0.25) is 0 Å². The molecule has 0 aromatic heterocycles. The van der Waals surface area contributed by atoms with Crippen LogP contribution in [0.25, 0.3) is 0 Å². The third kappa shape index (κ3) is 67.8. The standard InChI is InChI=1S/C77H128O17P2/c1-5-9-13-17-21-25-29-32-35-38-42-45-49-53-57-61-74(79)87-67-72(93-76(81)63-59-55-51-47-41-28-24-20-16-12-8-4)69-91-95(83,84)89-65-71(78)66-90-96(85,86)92-70-73(94-77(82)64-60-56-52-48-44-40-37-34-31-27-23-19-15-11-7-3)68-88-75(80)62-58-54-50-46-43-39-36-33-30-26-22-18-14-10-6-2/h9-10,13-14,20-27,32-37,42-43,45-46,71-73,78H,5-8,11-12,15-19,28-31,38-41,44,47-70H2,1-4H3,(H,83,84)(H,85,86)/b13-9-,14-10-,24-20-,25-21-,26-22-,27-23-,35-32-,36-33-,37-34-,45-42-,46-43-. The average Bonchev–Trinajstić information content (AvgIpc) is 1.09. The van der Waals surface area contributed by atoms with Gasteiger partial charge in [-0.25, -0.2) is 9.13 Å². The summed E-state index contributed by atoms with van der Waals surface area (Å²) in [4.78, 5) is 72.7. The average molecular weight is 1390 g/mol. The topological polar surface area (TPSA) is 237 Å². The second-order valence-corrected chi connectivity index (χ2v) is 26.7. The molecule has 0 saturated heterocycles. The molecule has 19 heteroatoms. The van der Waals surface area contributed by atoms with E-state index in [1.54, 1.807) is 0 Å². The van der Waals surface area contributed by atoms with Crippen molar-refractivity contribution in [1.29, 1.82) is 0 Å². The molecule has 0 rings (SSSR count). The van der Waals surface area contributed by atoms with E-state index in [0.717, 1.165) is 161 Å². The molecule has 0 bridgehead atoms. The molecule has 0 radical (unpaired) electrons. The number of ether oxygens (including phenoxy) is 4. The van der Waals surface area contributed by atoms with Crippen molar-refractivity contribution >= 4 is 39.5 Å². The number of rotatable bonds is 67. The molecule has 0 aliphatic carbocycles. The number of esters is 4. The van der Waals surface area contributed by atoms with E-state index in [1.165, 1.54) is 32.1 Å². The fourth-order valence-corrected chi connectivity index (χ4v) is 10.6. The second kappa shape index (κ2) is 68.7.